The van der Waals surface area contributed by atoms with Gasteiger partial charge >= 0.3 is 0 Å². The van der Waals surface area contributed by atoms with Gasteiger partial charge in [0.05, 0.1) is 18.4 Å². The van der Waals surface area contributed by atoms with Crippen LogP contribution in [0.2, 0.25) is 0 Å². The van der Waals surface area contributed by atoms with E-state index in [0.717, 1.165) is 12.8 Å². The van der Waals surface area contributed by atoms with Crippen LogP contribution >= 0.6 is 0 Å². The molecule has 1 aromatic rings. The zero-order valence-corrected chi connectivity index (χ0v) is 12.2. The summed E-state index contributed by atoms with van der Waals surface area (Å²) in [7, 11) is -3.51. The van der Waals surface area contributed by atoms with Gasteiger partial charge in [0, 0.05) is 13.1 Å². The van der Waals surface area contributed by atoms with Crippen molar-refractivity contribution in [1.29, 1.82) is 0 Å². The van der Waals surface area contributed by atoms with Crippen LogP contribution in [-0.4, -0.2) is 38.5 Å². The van der Waals surface area contributed by atoms with Crippen LogP contribution in [0.25, 0.3) is 0 Å². The van der Waals surface area contributed by atoms with Crippen molar-refractivity contribution in [2.45, 2.75) is 30.3 Å². The number of hydrogen-bond acceptors (Lipinski definition) is 4. The maximum Gasteiger partial charge on any atom is 0.245 e. The van der Waals surface area contributed by atoms with Crippen LogP contribution in [0.3, 0.4) is 0 Å². The summed E-state index contributed by atoms with van der Waals surface area (Å²) in [5, 5.41) is 0. The third-order valence-electron chi connectivity index (χ3n) is 4.27. The molecule has 1 atom stereocenters. The van der Waals surface area contributed by atoms with Crippen molar-refractivity contribution in [2.24, 2.45) is 5.92 Å². The van der Waals surface area contributed by atoms with Gasteiger partial charge in [0.25, 0.3) is 0 Å². The van der Waals surface area contributed by atoms with E-state index in [9.17, 15) is 8.42 Å². The number of rotatable bonds is 3. The van der Waals surface area contributed by atoms with Crippen LogP contribution < -0.4 is 5.73 Å². The van der Waals surface area contributed by atoms with Gasteiger partial charge in [0.15, 0.2) is 0 Å². The summed E-state index contributed by atoms with van der Waals surface area (Å²) in [6.07, 6.45) is 3.55. The summed E-state index contributed by atoms with van der Waals surface area (Å²) in [6, 6.07) is 6.63. The molecule has 0 spiro atoms. The van der Waals surface area contributed by atoms with Crippen LogP contribution in [0.1, 0.15) is 19.3 Å². The Morgan fingerprint density at radius 3 is 2.65 bits per heavy atom. The number of anilines is 1. The summed E-state index contributed by atoms with van der Waals surface area (Å²) in [6.45, 7) is 1.31. The topological polar surface area (TPSA) is 72.6 Å². The first-order valence-electron chi connectivity index (χ1n) is 7.05. The van der Waals surface area contributed by atoms with Gasteiger partial charge in [-0.05, 0) is 30.9 Å². The molecule has 0 radical (unpaired) electrons. The molecule has 1 aromatic carbocycles. The number of nitrogens with zero attached hydrogens (tertiary/aromatic N) is 1. The minimum absolute atomic E-state index is 0.0391. The standard InChI is InChI=1S/C14H20N2O3S/c15-12-6-1-2-7-14(12)20(17,18)16-8-9-19-13(10-16)11-4-3-5-11/h1-2,6-7,11,13H,3-5,8-10,15H2. The number of para-hydroxylation sites is 1. The first-order valence-corrected chi connectivity index (χ1v) is 8.49. The Morgan fingerprint density at radius 1 is 1.25 bits per heavy atom. The second-order valence-corrected chi connectivity index (χ2v) is 7.41. The molecule has 2 N–H and O–H groups in total. The fraction of sp³-hybridized carbons (Fsp3) is 0.571. The predicted octanol–water partition coefficient (Wildman–Crippen LogP) is 1.46. The fourth-order valence-electron chi connectivity index (χ4n) is 2.82. The molecule has 6 heteroatoms. The summed E-state index contributed by atoms with van der Waals surface area (Å²) >= 11 is 0. The average Bonchev–Trinajstić information content (AvgIpc) is 2.37. The molecule has 1 heterocycles. The molecule has 110 valence electrons. The highest BCUT2D eigenvalue weighted by atomic mass is 32.2. The summed E-state index contributed by atoms with van der Waals surface area (Å²) in [5.74, 6) is 0.515. The van der Waals surface area contributed by atoms with E-state index < -0.39 is 10.0 Å². The highest BCUT2D eigenvalue weighted by Gasteiger charge is 2.37. The number of hydrogen-bond donors (Lipinski definition) is 1. The molecule has 0 amide bonds. The molecule has 0 bridgehead atoms. The fourth-order valence-corrected chi connectivity index (χ4v) is 4.37. The SMILES string of the molecule is Nc1ccccc1S(=O)(=O)N1CCOC(C2CCC2)C1. The van der Waals surface area contributed by atoms with Crippen LogP contribution in [-0.2, 0) is 14.8 Å². The molecule has 1 saturated carbocycles. The van der Waals surface area contributed by atoms with Crippen molar-refractivity contribution in [3.63, 3.8) is 0 Å². The van der Waals surface area contributed by atoms with Crippen molar-refractivity contribution in [2.75, 3.05) is 25.4 Å². The van der Waals surface area contributed by atoms with Gasteiger partial charge in [-0.3, -0.25) is 0 Å². The number of nitrogens with two attached hydrogens (primary N) is 1. The zero-order chi connectivity index (χ0) is 14.2. The monoisotopic (exact) mass is 296 g/mol. The third kappa shape index (κ3) is 2.43. The second-order valence-electron chi connectivity index (χ2n) is 5.50. The normalized spacial score (nSPS) is 25.3. The van der Waals surface area contributed by atoms with E-state index in [1.54, 1.807) is 24.3 Å². The quantitative estimate of drug-likeness (QED) is 0.857. The molecule has 20 heavy (non-hydrogen) atoms. The van der Waals surface area contributed by atoms with Crippen LogP contribution in [0.15, 0.2) is 29.2 Å². The molecule has 1 saturated heterocycles. The van der Waals surface area contributed by atoms with E-state index in [-0.39, 0.29) is 11.0 Å². The molecule has 1 unspecified atom stereocenters. The van der Waals surface area contributed by atoms with Crippen LogP contribution in [0, 0.1) is 5.92 Å². The minimum Gasteiger partial charge on any atom is -0.398 e. The Labute approximate surface area is 119 Å². The van der Waals surface area contributed by atoms with Crippen molar-refractivity contribution < 1.29 is 13.2 Å². The van der Waals surface area contributed by atoms with E-state index >= 15 is 0 Å². The number of nitrogen functional groups attached to an aromatic ring is 1. The van der Waals surface area contributed by atoms with Gasteiger partial charge in [-0.1, -0.05) is 18.6 Å². The Bertz CT molecular complexity index is 584. The van der Waals surface area contributed by atoms with Crippen LogP contribution in [0.4, 0.5) is 5.69 Å². The largest absolute Gasteiger partial charge is 0.398 e. The lowest BCUT2D eigenvalue weighted by Gasteiger charge is -2.39. The lowest BCUT2D eigenvalue weighted by molar-refractivity contribution is -0.0542. The molecule has 2 aliphatic rings. The van der Waals surface area contributed by atoms with E-state index in [1.165, 1.54) is 10.7 Å². The van der Waals surface area contributed by atoms with Gasteiger partial charge < -0.3 is 10.5 Å². The summed E-state index contributed by atoms with van der Waals surface area (Å²) in [4.78, 5) is 0.203. The van der Waals surface area contributed by atoms with E-state index in [0.29, 0.717) is 31.3 Å². The second kappa shape index (κ2) is 5.35. The molecule has 2 fully saturated rings. The number of sulfonamides is 1. The lowest BCUT2D eigenvalue weighted by atomic mass is 9.81. The van der Waals surface area contributed by atoms with Crippen molar-refractivity contribution in [3.8, 4) is 0 Å². The maximum absolute atomic E-state index is 12.7. The molecule has 1 aliphatic carbocycles. The van der Waals surface area contributed by atoms with Crippen molar-refractivity contribution in [3.05, 3.63) is 24.3 Å². The molecule has 0 aromatic heterocycles. The van der Waals surface area contributed by atoms with Crippen LogP contribution in [0.5, 0.6) is 0 Å². The molecule has 5 nitrogen and oxygen atoms in total. The number of morpholine rings is 1. The van der Waals surface area contributed by atoms with Gasteiger partial charge in [-0.25, -0.2) is 8.42 Å². The van der Waals surface area contributed by atoms with E-state index in [1.807, 2.05) is 0 Å². The number of ether oxygens (including phenoxy) is 1. The van der Waals surface area contributed by atoms with Gasteiger partial charge in [-0.2, -0.15) is 4.31 Å². The maximum atomic E-state index is 12.7. The van der Waals surface area contributed by atoms with Crippen molar-refractivity contribution >= 4 is 15.7 Å². The Kier molecular flexibility index (Phi) is 3.70. The van der Waals surface area contributed by atoms with E-state index in [4.69, 9.17) is 10.5 Å². The Hall–Kier alpha value is -1.11. The highest BCUT2D eigenvalue weighted by molar-refractivity contribution is 7.89. The smallest absolute Gasteiger partial charge is 0.245 e. The van der Waals surface area contributed by atoms with Gasteiger partial charge in [0.1, 0.15) is 4.90 Å². The van der Waals surface area contributed by atoms with Gasteiger partial charge in [0.2, 0.25) is 10.0 Å². The lowest BCUT2D eigenvalue weighted by Crippen LogP contribution is -2.49. The third-order valence-corrected chi connectivity index (χ3v) is 6.21. The Balaban J connectivity index is 1.82. The molecular weight excluding hydrogens is 276 g/mol. The van der Waals surface area contributed by atoms with Gasteiger partial charge in [-0.15, -0.1) is 0 Å². The summed E-state index contributed by atoms with van der Waals surface area (Å²) < 4.78 is 32.6. The first-order chi connectivity index (χ1) is 9.59. The predicted molar refractivity (Wildman–Crippen MR) is 76.7 cm³/mol. The highest BCUT2D eigenvalue weighted by Crippen LogP contribution is 2.34. The minimum atomic E-state index is -3.51. The zero-order valence-electron chi connectivity index (χ0n) is 11.4. The molecule has 3 rings (SSSR count). The summed E-state index contributed by atoms with van der Waals surface area (Å²) in [5.41, 5.74) is 6.11. The molecular formula is C14H20N2O3S. The first kappa shape index (κ1) is 13.9. The average molecular weight is 296 g/mol. The Morgan fingerprint density at radius 2 is 2.00 bits per heavy atom. The van der Waals surface area contributed by atoms with E-state index in [2.05, 4.69) is 0 Å². The number of benzene rings is 1. The molecule has 1 aliphatic heterocycles. The van der Waals surface area contributed by atoms with Crippen molar-refractivity contribution in [1.82, 2.24) is 4.31 Å².